The summed E-state index contributed by atoms with van der Waals surface area (Å²) in [7, 11) is 0. The minimum Gasteiger partial charge on any atom is -0.506 e. The van der Waals surface area contributed by atoms with Crippen molar-refractivity contribution < 1.29 is 18.6 Å². The average Bonchev–Trinajstić information content (AvgIpc) is 3.59. The van der Waals surface area contributed by atoms with Crippen LogP contribution in [0.25, 0.3) is 21.8 Å². The van der Waals surface area contributed by atoms with Gasteiger partial charge in [0, 0.05) is 54.8 Å². The van der Waals surface area contributed by atoms with Gasteiger partial charge in [0.2, 0.25) is 5.95 Å². The van der Waals surface area contributed by atoms with Gasteiger partial charge in [0.25, 0.3) is 0 Å². The lowest BCUT2D eigenvalue weighted by Gasteiger charge is -2.32. The molecule has 3 N–H and O–H groups in total. The van der Waals surface area contributed by atoms with E-state index in [1.54, 1.807) is 23.6 Å². The van der Waals surface area contributed by atoms with E-state index in [2.05, 4.69) is 40.0 Å². The summed E-state index contributed by atoms with van der Waals surface area (Å²) in [5.74, 6) is 1.18. The number of hydrogen-bond donors (Lipinski definition) is 3. The van der Waals surface area contributed by atoms with Gasteiger partial charge in [-0.05, 0) is 86.4 Å². The van der Waals surface area contributed by atoms with E-state index in [-0.39, 0.29) is 22.7 Å². The van der Waals surface area contributed by atoms with E-state index in [9.17, 15) is 13.9 Å². The number of benzene rings is 3. The maximum atomic E-state index is 14.3. The summed E-state index contributed by atoms with van der Waals surface area (Å²) in [5, 5.41) is 15.2. The molecule has 0 bridgehead atoms. The highest BCUT2D eigenvalue weighted by Crippen LogP contribution is 2.41. The molecule has 51 heavy (non-hydrogen) atoms. The first-order valence-electron chi connectivity index (χ1n) is 17.0. The topological polar surface area (TPSA) is 95.4 Å². The molecule has 1 unspecified atom stereocenters. The SMILES string of the molecule is CCC(C)c1nc(-c2cccc(NSc3c(F)cccc3F)c2)c(-c2ccnc(Nc3cc(C)c(OC4CCN(CCSC)CC4)cc3O)n2)s1. The lowest BCUT2D eigenvalue weighted by atomic mass is 10.1. The number of hydrogen-bond acceptors (Lipinski definition) is 11. The number of rotatable bonds is 14. The molecule has 0 amide bonds. The van der Waals surface area contributed by atoms with Gasteiger partial charge in [0.15, 0.2) is 0 Å². The van der Waals surface area contributed by atoms with Crippen molar-refractivity contribution in [3.05, 3.63) is 89.1 Å². The van der Waals surface area contributed by atoms with Gasteiger partial charge in [-0.3, -0.25) is 0 Å². The summed E-state index contributed by atoms with van der Waals surface area (Å²) in [4.78, 5) is 17.6. The van der Waals surface area contributed by atoms with Crippen LogP contribution in [-0.4, -0.2) is 62.7 Å². The Labute approximate surface area is 310 Å². The fourth-order valence-corrected chi connectivity index (χ4v) is 8.04. The van der Waals surface area contributed by atoms with Crippen LogP contribution in [0.4, 0.5) is 26.1 Å². The zero-order chi connectivity index (χ0) is 35.9. The first kappa shape index (κ1) is 36.9. The van der Waals surface area contributed by atoms with Crippen molar-refractivity contribution in [2.45, 2.75) is 57.0 Å². The molecule has 2 aromatic heterocycles. The number of likely N-dealkylation sites (tertiary alicyclic amines) is 1. The number of piperidine rings is 1. The number of halogens is 2. The van der Waals surface area contributed by atoms with Crippen LogP contribution >= 0.6 is 35.0 Å². The standard InChI is InChI=1S/C38H42F2N6O2S3/c1-5-23(2)37-44-34(25-8-6-9-26(21-25)45-51-35-28(39)10-7-11-29(35)40)36(50-37)30-12-15-41-38(42-30)43-31-20-24(3)33(22-32(31)47)48-27-13-16-46(17-14-27)18-19-49-4/h6-12,15,20-23,27,45,47H,5,13-14,16-19H2,1-4H3,(H,41,42,43). The van der Waals surface area contributed by atoms with E-state index in [4.69, 9.17) is 14.7 Å². The zero-order valence-corrected chi connectivity index (χ0v) is 31.5. The molecule has 1 aliphatic rings. The van der Waals surface area contributed by atoms with Gasteiger partial charge in [0.1, 0.15) is 29.2 Å². The molecule has 5 aromatic rings. The maximum absolute atomic E-state index is 14.3. The number of phenols is 1. The minimum absolute atomic E-state index is 0.0528. The molecular weight excluding hydrogens is 707 g/mol. The van der Waals surface area contributed by atoms with Crippen molar-refractivity contribution in [1.29, 1.82) is 0 Å². The molecular formula is C38H42F2N6O2S3. The Kier molecular flexibility index (Phi) is 12.3. The van der Waals surface area contributed by atoms with Gasteiger partial charge in [-0.1, -0.05) is 32.0 Å². The molecule has 0 saturated carbocycles. The number of nitrogens with one attached hydrogen (secondary N) is 2. The van der Waals surface area contributed by atoms with Gasteiger partial charge in [-0.25, -0.2) is 23.7 Å². The Bertz CT molecular complexity index is 1930. The molecule has 268 valence electrons. The van der Waals surface area contributed by atoms with E-state index in [0.717, 1.165) is 83.3 Å². The lowest BCUT2D eigenvalue weighted by Crippen LogP contribution is -2.39. The molecule has 13 heteroatoms. The summed E-state index contributed by atoms with van der Waals surface area (Å²) in [6, 6.07) is 16.8. The second-order valence-corrected chi connectivity index (χ2v) is 15.4. The van der Waals surface area contributed by atoms with Crippen LogP contribution in [0.3, 0.4) is 0 Å². The summed E-state index contributed by atoms with van der Waals surface area (Å²) in [6.45, 7) is 9.38. The highest BCUT2D eigenvalue weighted by atomic mass is 32.2. The fourth-order valence-electron chi connectivity index (χ4n) is 5.73. The number of anilines is 3. The van der Waals surface area contributed by atoms with Crippen LogP contribution in [0.15, 0.2) is 71.8 Å². The third-order valence-corrected chi connectivity index (χ3v) is 11.7. The van der Waals surface area contributed by atoms with Crippen molar-refractivity contribution >= 4 is 52.4 Å². The van der Waals surface area contributed by atoms with Crippen molar-refractivity contribution in [2.24, 2.45) is 0 Å². The summed E-state index contributed by atoms with van der Waals surface area (Å²) in [5.41, 5.74) is 4.32. The Morgan fingerprint density at radius 3 is 2.57 bits per heavy atom. The molecule has 3 aromatic carbocycles. The van der Waals surface area contributed by atoms with Crippen LogP contribution < -0.4 is 14.8 Å². The molecule has 3 heterocycles. The average molecular weight is 749 g/mol. The number of thioether (sulfide) groups is 1. The van der Waals surface area contributed by atoms with Crippen molar-refractivity contribution in [3.8, 4) is 33.3 Å². The number of nitrogens with zero attached hydrogens (tertiary/aromatic N) is 4. The quantitative estimate of drug-likeness (QED) is 0.0753. The molecule has 0 aliphatic carbocycles. The highest BCUT2D eigenvalue weighted by Gasteiger charge is 2.23. The molecule has 1 saturated heterocycles. The Hall–Kier alpha value is -3.91. The highest BCUT2D eigenvalue weighted by molar-refractivity contribution is 8.00. The molecule has 0 spiro atoms. The van der Waals surface area contributed by atoms with Crippen LogP contribution in [0, 0.1) is 18.6 Å². The van der Waals surface area contributed by atoms with E-state index < -0.39 is 11.6 Å². The zero-order valence-electron chi connectivity index (χ0n) is 29.1. The van der Waals surface area contributed by atoms with Crippen LogP contribution in [0.1, 0.15) is 49.6 Å². The van der Waals surface area contributed by atoms with Crippen LogP contribution in [0.2, 0.25) is 0 Å². The van der Waals surface area contributed by atoms with E-state index in [1.807, 2.05) is 55.1 Å². The first-order chi connectivity index (χ1) is 24.7. The second kappa shape index (κ2) is 17.1. The molecule has 6 rings (SSSR count). The van der Waals surface area contributed by atoms with Crippen molar-refractivity contribution in [3.63, 3.8) is 0 Å². The normalized spacial score (nSPS) is 14.4. The second-order valence-electron chi connectivity index (χ2n) is 12.6. The lowest BCUT2D eigenvalue weighted by molar-refractivity contribution is 0.103. The van der Waals surface area contributed by atoms with E-state index >= 15 is 0 Å². The number of phenolic OH excluding ortho intramolecular Hbond substituents is 1. The number of ether oxygens (including phenoxy) is 1. The van der Waals surface area contributed by atoms with Gasteiger partial charge in [-0.15, -0.1) is 11.3 Å². The third kappa shape index (κ3) is 9.12. The number of aromatic hydroxyl groups is 1. The number of aryl methyl sites for hydroxylation is 1. The van der Waals surface area contributed by atoms with E-state index in [1.165, 1.54) is 18.2 Å². The fraction of sp³-hybridized carbons (Fsp3) is 0.342. The predicted octanol–water partition coefficient (Wildman–Crippen LogP) is 10.1. The van der Waals surface area contributed by atoms with Gasteiger partial charge < -0.3 is 24.8 Å². The van der Waals surface area contributed by atoms with Crippen molar-refractivity contribution in [1.82, 2.24) is 19.9 Å². The third-order valence-electron chi connectivity index (χ3n) is 8.87. The van der Waals surface area contributed by atoms with Gasteiger partial charge >= 0.3 is 0 Å². The minimum atomic E-state index is -0.627. The number of aromatic nitrogens is 3. The van der Waals surface area contributed by atoms with Gasteiger partial charge in [0.05, 0.1) is 31.9 Å². The first-order valence-corrected chi connectivity index (χ1v) is 20.0. The van der Waals surface area contributed by atoms with Crippen LogP contribution in [0.5, 0.6) is 11.5 Å². The number of thiazole rings is 1. The monoisotopic (exact) mass is 748 g/mol. The Morgan fingerprint density at radius 1 is 1.06 bits per heavy atom. The van der Waals surface area contributed by atoms with Crippen molar-refractivity contribution in [2.75, 3.05) is 41.7 Å². The van der Waals surface area contributed by atoms with Crippen LogP contribution in [-0.2, 0) is 0 Å². The van der Waals surface area contributed by atoms with Gasteiger partial charge in [-0.2, -0.15) is 11.8 Å². The van der Waals surface area contributed by atoms with E-state index in [0.29, 0.717) is 28.8 Å². The molecule has 1 fully saturated rings. The summed E-state index contributed by atoms with van der Waals surface area (Å²) >= 11 is 4.33. The summed E-state index contributed by atoms with van der Waals surface area (Å²) < 4.78 is 37.9. The Morgan fingerprint density at radius 2 is 1.82 bits per heavy atom. The molecule has 0 radical (unpaired) electrons. The smallest absolute Gasteiger partial charge is 0.227 e. The molecule has 8 nitrogen and oxygen atoms in total. The predicted molar refractivity (Wildman–Crippen MR) is 208 cm³/mol. The summed E-state index contributed by atoms with van der Waals surface area (Å²) in [6.07, 6.45) is 6.78. The largest absolute Gasteiger partial charge is 0.506 e. The maximum Gasteiger partial charge on any atom is 0.227 e. The molecule has 1 aliphatic heterocycles. The molecule has 1 atom stereocenters. The Balaban J connectivity index is 1.21.